The highest BCUT2D eigenvalue weighted by atomic mass is 16.4. The molecule has 1 unspecified atom stereocenters. The molecule has 1 rings (SSSR count). The number of aromatic hydroxyl groups is 1. The Labute approximate surface area is 124 Å². The maximum Gasteiger partial charge on any atom is 0.329 e. The molecule has 0 aliphatic carbocycles. The van der Waals surface area contributed by atoms with Crippen molar-refractivity contribution in [2.75, 3.05) is 11.4 Å². The van der Waals surface area contributed by atoms with Crippen molar-refractivity contribution in [3.8, 4) is 5.75 Å². The van der Waals surface area contributed by atoms with E-state index >= 15 is 0 Å². The number of nitrogens with one attached hydrogen (secondary N) is 1. The molecule has 0 aliphatic heterocycles. The lowest BCUT2D eigenvalue weighted by atomic mass is 9.96. The number of carbonyl (C=O) groups is 2. The summed E-state index contributed by atoms with van der Waals surface area (Å²) in [4.78, 5) is 25.1. The second-order valence-corrected chi connectivity index (χ2v) is 5.08. The molecule has 0 bridgehead atoms. The molecule has 0 saturated carbocycles. The van der Waals surface area contributed by atoms with Gasteiger partial charge in [-0.3, -0.25) is 4.90 Å². The van der Waals surface area contributed by atoms with Gasteiger partial charge in [-0.2, -0.15) is 0 Å². The fraction of sp³-hybridized carbons (Fsp3) is 0.467. The number of phenols is 1. The van der Waals surface area contributed by atoms with Crippen molar-refractivity contribution in [3.05, 3.63) is 24.3 Å². The van der Waals surface area contributed by atoms with E-state index in [1.165, 1.54) is 24.0 Å². The molecule has 0 fully saturated rings. The third-order valence-electron chi connectivity index (χ3n) is 3.31. The van der Waals surface area contributed by atoms with Gasteiger partial charge in [0, 0.05) is 18.3 Å². The van der Waals surface area contributed by atoms with Crippen LogP contribution in [0.2, 0.25) is 0 Å². The number of benzene rings is 1. The Kier molecular flexibility index (Phi) is 5.58. The smallest absolute Gasteiger partial charge is 0.329 e. The van der Waals surface area contributed by atoms with Crippen LogP contribution < -0.4 is 10.2 Å². The first-order valence-corrected chi connectivity index (χ1v) is 6.96. The predicted octanol–water partition coefficient (Wildman–Crippen LogP) is 2.57. The van der Waals surface area contributed by atoms with Crippen LogP contribution in [0.1, 0.15) is 33.6 Å². The van der Waals surface area contributed by atoms with Gasteiger partial charge in [0.05, 0.1) is 0 Å². The van der Waals surface area contributed by atoms with Gasteiger partial charge in [0.2, 0.25) is 0 Å². The summed E-state index contributed by atoms with van der Waals surface area (Å²) >= 11 is 0. The minimum atomic E-state index is -1.31. The summed E-state index contributed by atoms with van der Waals surface area (Å²) in [5, 5.41) is 21.4. The number of rotatable bonds is 6. The average molecular weight is 294 g/mol. The standard InChI is InChI=1S/C15H22N2O4/c1-4-9-15(3,13(19)20)16-14(21)17(5-2)11-7-6-8-12(18)10-11/h6-8,10,18H,4-5,9H2,1-3H3,(H,16,21)(H,19,20). The van der Waals surface area contributed by atoms with E-state index < -0.39 is 17.5 Å². The highest BCUT2D eigenvalue weighted by molar-refractivity contribution is 5.95. The first-order chi connectivity index (χ1) is 9.84. The molecular formula is C15H22N2O4. The number of amides is 2. The van der Waals surface area contributed by atoms with Crippen molar-refractivity contribution in [1.82, 2.24) is 5.32 Å². The van der Waals surface area contributed by atoms with Gasteiger partial charge in [0.1, 0.15) is 11.3 Å². The number of hydrogen-bond acceptors (Lipinski definition) is 3. The molecule has 0 aliphatic rings. The Hall–Kier alpha value is -2.24. The first-order valence-electron chi connectivity index (χ1n) is 6.96. The van der Waals surface area contributed by atoms with E-state index in [2.05, 4.69) is 5.32 Å². The zero-order valence-corrected chi connectivity index (χ0v) is 12.6. The second-order valence-electron chi connectivity index (χ2n) is 5.08. The molecule has 0 heterocycles. The minimum absolute atomic E-state index is 0.0494. The lowest BCUT2D eigenvalue weighted by molar-refractivity contribution is -0.144. The Balaban J connectivity index is 2.96. The van der Waals surface area contributed by atoms with Crippen molar-refractivity contribution in [2.45, 2.75) is 39.2 Å². The normalized spacial score (nSPS) is 13.3. The van der Waals surface area contributed by atoms with E-state index in [0.29, 0.717) is 25.1 Å². The molecule has 21 heavy (non-hydrogen) atoms. The Morgan fingerprint density at radius 2 is 2.00 bits per heavy atom. The number of phenolic OH excluding ortho intramolecular Hbond substituents is 1. The molecule has 0 radical (unpaired) electrons. The van der Waals surface area contributed by atoms with Gasteiger partial charge in [-0.05, 0) is 32.4 Å². The number of hydrogen-bond donors (Lipinski definition) is 3. The number of nitrogens with zero attached hydrogens (tertiary/aromatic N) is 1. The molecule has 3 N–H and O–H groups in total. The van der Waals surface area contributed by atoms with Crippen LogP contribution in [-0.4, -0.2) is 34.3 Å². The summed E-state index contributed by atoms with van der Waals surface area (Å²) < 4.78 is 0. The fourth-order valence-corrected chi connectivity index (χ4v) is 2.13. The minimum Gasteiger partial charge on any atom is -0.508 e. The molecule has 6 heteroatoms. The van der Waals surface area contributed by atoms with Gasteiger partial charge in [-0.15, -0.1) is 0 Å². The van der Waals surface area contributed by atoms with Gasteiger partial charge in [0.25, 0.3) is 0 Å². The zero-order valence-electron chi connectivity index (χ0n) is 12.6. The topological polar surface area (TPSA) is 89.9 Å². The third kappa shape index (κ3) is 4.11. The zero-order chi connectivity index (χ0) is 16.0. The number of aliphatic carboxylic acids is 1. The highest BCUT2D eigenvalue weighted by Crippen LogP contribution is 2.21. The molecule has 1 atom stereocenters. The Morgan fingerprint density at radius 1 is 1.33 bits per heavy atom. The molecule has 116 valence electrons. The van der Waals surface area contributed by atoms with Crippen molar-refractivity contribution in [3.63, 3.8) is 0 Å². The molecule has 2 amide bonds. The molecule has 0 spiro atoms. The van der Waals surface area contributed by atoms with Crippen molar-refractivity contribution in [2.24, 2.45) is 0 Å². The largest absolute Gasteiger partial charge is 0.508 e. The number of urea groups is 1. The van der Waals surface area contributed by atoms with Crippen molar-refractivity contribution in [1.29, 1.82) is 0 Å². The van der Waals surface area contributed by atoms with Crippen LogP contribution in [0.5, 0.6) is 5.75 Å². The summed E-state index contributed by atoms with van der Waals surface area (Å²) in [6.45, 7) is 5.49. The molecular weight excluding hydrogens is 272 g/mol. The van der Waals surface area contributed by atoms with E-state index in [-0.39, 0.29) is 5.75 Å². The van der Waals surface area contributed by atoms with Crippen LogP contribution in [0.3, 0.4) is 0 Å². The predicted molar refractivity (Wildman–Crippen MR) is 80.6 cm³/mol. The van der Waals surface area contributed by atoms with Gasteiger partial charge in [-0.25, -0.2) is 9.59 Å². The molecule has 1 aromatic carbocycles. The number of anilines is 1. The monoisotopic (exact) mass is 294 g/mol. The van der Waals surface area contributed by atoms with E-state index in [1.54, 1.807) is 19.1 Å². The summed E-state index contributed by atoms with van der Waals surface area (Å²) in [7, 11) is 0. The number of carboxylic acid groups (broad SMARTS) is 1. The van der Waals surface area contributed by atoms with Gasteiger partial charge in [-0.1, -0.05) is 19.4 Å². The lowest BCUT2D eigenvalue weighted by Crippen LogP contribution is -2.56. The fourth-order valence-electron chi connectivity index (χ4n) is 2.13. The summed E-state index contributed by atoms with van der Waals surface area (Å²) in [5.74, 6) is -1.02. The SMILES string of the molecule is CCCC(C)(NC(=O)N(CC)c1cccc(O)c1)C(=O)O. The van der Waals surface area contributed by atoms with Crippen LogP contribution in [0.4, 0.5) is 10.5 Å². The molecule has 6 nitrogen and oxygen atoms in total. The quantitative estimate of drug-likeness (QED) is 0.752. The summed E-state index contributed by atoms with van der Waals surface area (Å²) in [6, 6.07) is 5.78. The van der Waals surface area contributed by atoms with Crippen LogP contribution in [-0.2, 0) is 4.79 Å². The van der Waals surface area contributed by atoms with E-state index in [9.17, 15) is 19.8 Å². The van der Waals surface area contributed by atoms with E-state index in [4.69, 9.17) is 0 Å². The molecule has 1 aromatic rings. The first kappa shape index (κ1) is 16.8. The van der Waals surface area contributed by atoms with Crippen LogP contribution in [0.15, 0.2) is 24.3 Å². The summed E-state index contributed by atoms with van der Waals surface area (Å²) in [5.41, 5.74) is -0.796. The maximum absolute atomic E-state index is 12.4. The Bertz CT molecular complexity index is 518. The molecule has 0 aromatic heterocycles. The summed E-state index contributed by atoms with van der Waals surface area (Å²) in [6.07, 6.45) is 0.979. The van der Waals surface area contributed by atoms with Gasteiger partial charge >= 0.3 is 12.0 Å². The van der Waals surface area contributed by atoms with Crippen LogP contribution in [0.25, 0.3) is 0 Å². The van der Waals surface area contributed by atoms with E-state index in [1.807, 2.05) is 6.92 Å². The Morgan fingerprint density at radius 3 is 2.48 bits per heavy atom. The second kappa shape index (κ2) is 6.97. The van der Waals surface area contributed by atoms with Crippen LogP contribution in [0, 0.1) is 0 Å². The number of carbonyl (C=O) groups excluding carboxylic acids is 1. The van der Waals surface area contributed by atoms with Gasteiger partial charge < -0.3 is 15.5 Å². The van der Waals surface area contributed by atoms with Gasteiger partial charge in [0.15, 0.2) is 0 Å². The third-order valence-corrected chi connectivity index (χ3v) is 3.31. The molecule has 0 saturated heterocycles. The van der Waals surface area contributed by atoms with Crippen molar-refractivity contribution < 1.29 is 19.8 Å². The lowest BCUT2D eigenvalue weighted by Gasteiger charge is -2.30. The number of carboxylic acids is 1. The van der Waals surface area contributed by atoms with Crippen LogP contribution >= 0.6 is 0 Å². The average Bonchev–Trinajstić information content (AvgIpc) is 2.39. The van der Waals surface area contributed by atoms with E-state index in [0.717, 1.165) is 0 Å². The highest BCUT2D eigenvalue weighted by Gasteiger charge is 2.35. The maximum atomic E-state index is 12.4. The van der Waals surface area contributed by atoms with Crippen molar-refractivity contribution >= 4 is 17.7 Å².